The highest BCUT2D eigenvalue weighted by atomic mass is 32.2. The maximum atomic E-state index is 12.9. The van der Waals surface area contributed by atoms with Gasteiger partial charge in [-0.25, -0.2) is 4.98 Å². The summed E-state index contributed by atoms with van der Waals surface area (Å²) in [7, 11) is 0. The van der Waals surface area contributed by atoms with Gasteiger partial charge >= 0.3 is 0 Å². The molecule has 1 aliphatic rings. The van der Waals surface area contributed by atoms with Crippen LogP contribution in [0.5, 0.6) is 17.4 Å². The van der Waals surface area contributed by atoms with Gasteiger partial charge in [-0.2, -0.15) is 0 Å². The number of aromatic nitrogens is 1. The summed E-state index contributed by atoms with van der Waals surface area (Å²) in [5.74, 6) is 1.77. The standard InChI is InChI=1S/C23H22N2O3S/c1-17-13-15-25(20-6-2-3-7-21(20)29-17)23(26)16-27-18-9-11-19(12-10-18)28-22-8-4-5-14-24-22/h2-12,14,17H,13,15-16H2,1H3. The number of benzene rings is 2. The number of ether oxygens (including phenoxy) is 2. The molecule has 0 N–H and O–H groups in total. The number of fused-ring (bicyclic) bond motifs is 1. The van der Waals surface area contributed by atoms with Crippen LogP contribution >= 0.6 is 11.8 Å². The quantitative estimate of drug-likeness (QED) is 0.585. The molecule has 0 fully saturated rings. The zero-order chi connectivity index (χ0) is 20.1. The van der Waals surface area contributed by atoms with Crippen molar-refractivity contribution in [3.05, 3.63) is 72.9 Å². The molecule has 2 aromatic carbocycles. The van der Waals surface area contributed by atoms with E-state index in [4.69, 9.17) is 9.47 Å². The first-order valence-corrected chi connectivity index (χ1v) is 10.4. The first-order valence-electron chi connectivity index (χ1n) is 9.57. The lowest BCUT2D eigenvalue weighted by Crippen LogP contribution is -2.36. The molecular weight excluding hydrogens is 384 g/mol. The zero-order valence-electron chi connectivity index (χ0n) is 16.2. The number of pyridine rings is 1. The Hall–Kier alpha value is -2.99. The van der Waals surface area contributed by atoms with Crippen LogP contribution in [0, 0.1) is 0 Å². The van der Waals surface area contributed by atoms with E-state index in [1.165, 1.54) is 0 Å². The van der Waals surface area contributed by atoms with E-state index >= 15 is 0 Å². The number of para-hydroxylation sites is 1. The second-order valence-corrected chi connectivity index (χ2v) is 8.24. The van der Waals surface area contributed by atoms with Gasteiger partial charge in [0, 0.05) is 29.0 Å². The van der Waals surface area contributed by atoms with Crippen molar-refractivity contribution in [2.24, 2.45) is 0 Å². The van der Waals surface area contributed by atoms with Gasteiger partial charge in [-0.15, -0.1) is 11.8 Å². The maximum absolute atomic E-state index is 12.9. The number of rotatable bonds is 5. The second kappa shape index (κ2) is 9.01. The molecule has 1 aliphatic heterocycles. The van der Waals surface area contributed by atoms with Crippen molar-refractivity contribution in [3.63, 3.8) is 0 Å². The van der Waals surface area contributed by atoms with Crippen molar-refractivity contribution in [3.8, 4) is 17.4 Å². The number of nitrogens with zero attached hydrogens (tertiary/aromatic N) is 2. The van der Waals surface area contributed by atoms with E-state index in [-0.39, 0.29) is 12.5 Å². The largest absolute Gasteiger partial charge is 0.484 e. The molecule has 148 valence electrons. The van der Waals surface area contributed by atoms with Crippen LogP contribution in [0.4, 0.5) is 5.69 Å². The van der Waals surface area contributed by atoms with Gasteiger partial charge in [0.1, 0.15) is 11.5 Å². The van der Waals surface area contributed by atoms with Gasteiger partial charge in [0.2, 0.25) is 5.88 Å². The third-order valence-corrected chi connectivity index (χ3v) is 5.83. The number of hydrogen-bond donors (Lipinski definition) is 0. The summed E-state index contributed by atoms with van der Waals surface area (Å²) in [6.07, 6.45) is 2.63. The van der Waals surface area contributed by atoms with Gasteiger partial charge in [0.15, 0.2) is 6.61 Å². The Bertz CT molecular complexity index is 963. The van der Waals surface area contributed by atoms with E-state index in [0.717, 1.165) is 17.0 Å². The molecule has 0 saturated heterocycles. The highest BCUT2D eigenvalue weighted by Crippen LogP contribution is 2.37. The summed E-state index contributed by atoms with van der Waals surface area (Å²) in [5, 5.41) is 0.474. The number of carbonyl (C=O) groups is 1. The van der Waals surface area contributed by atoms with Crippen molar-refractivity contribution in [1.82, 2.24) is 4.98 Å². The average molecular weight is 407 g/mol. The minimum absolute atomic E-state index is 0.00612. The summed E-state index contributed by atoms with van der Waals surface area (Å²) in [4.78, 5) is 20.0. The summed E-state index contributed by atoms with van der Waals surface area (Å²) >= 11 is 1.82. The van der Waals surface area contributed by atoms with E-state index in [1.807, 2.05) is 47.0 Å². The van der Waals surface area contributed by atoms with Gasteiger partial charge in [-0.3, -0.25) is 4.79 Å². The van der Waals surface area contributed by atoms with E-state index in [9.17, 15) is 4.79 Å². The number of thioether (sulfide) groups is 1. The number of carbonyl (C=O) groups excluding carboxylic acids is 1. The molecule has 4 rings (SSSR count). The van der Waals surface area contributed by atoms with Crippen LogP contribution in [0.25, 0.3) is 0 Å². The minimum atomic E-state index is -0.0408. The Morgan fingerprint density at radius 3 is 2.62 bits per heavy atom. The Balaban J connectivity index is 1.38. The monoisotopic (exact) mass is 406 g/mol. The summed E-state index contributed by atoms with van der Waals surface area (Å²) in [5.41, 5.74) is 0.967. The molecule has 0 spiro atoms. The van der Waals surface area contributed by atoms with Crippen LogP contribution in [0.2, 0.25) is 0 Å². The molecule has 1 unspecified atom stereocenters. The van der Waals surface area contributed by atoms with Crippen molar-refractivity contribution >= 4 is 23.4 Å². The first kappa shape index (κ1) is 19.3. The molecule has 0 aliphatic carbocycles. The Morgan fingerprint density at radius 2 is 1.83 bits per heavy atom. The summed E-state index contributed by atoms with van der Waals surface area (Å²) in [6, 6.07) is 20.7. The van der Waals surface area contributed by atoms with Crippen molar-refractivity contribution in [2.45, 2.75) is 23.5 Å². The van der Waals surface area contributed by atoms with E-state index in [1.54, 1.807) is 36.5 Å². The molecule has 1 aromatic heterocycles. The normalized spacial score (nSPS) is 15.9. The van der Waals surface area contributed by atoms with Crippen molar-refractivity contribution in [1.29, 1.82) is 0 Å². The topological polar surface area (TPSA) is 51.7 Å². The highest BCUT2D eigenvalue weighted by Gasteiger charge is 2.24. The third-order valence-electron chi connectivity index (χ3n) is 4.59. The molecule has 0 bridgehead atoms. The van der Waals surface area contributed by atoms with Gasteiger partial charge in [0.25, 0.3) is 5.91 Å². The minimum Gasteiger partial charge on any atom is -0.484 e. The predicted molar refractivity (Wildman–Crippen MR) is 115 cm³/mol. The predicted octanol–water partition coefficient (Wildman–Crippen LogP) is 5.17. The van der Waals surface area contributed by atoms with Gasteiger partial charge in [-0.05, 0) is 48.9 Å². The Kier molecular flexibility index (Phi) is 6.00. The van der Waals surface area contributed by atoms with Gasteiger partial charge in [0.05, 0.1) is 5.69 Å². The lowest BCUT2D eigenvalue weighted by molar-refractivity contribution is -0.120. The second-order valence-electron chi connectivity index (χ2n) is 6.76. The molecule has 1 atom stereocenters. The van der Waals surface area contributed by atoms with Crippen LogP contribution < -0.4 is 14.4 Å². The van der Waals surface area contributed by atoms with Crippen LogP contribution in [0.3, 0.4) is 0 Å². The molecule has 2 heterocycles. The zero-order valence-corrected chi connectivity index (χ0v) is 17.0. The van der Waals surface area contributed by atoms with Crippen LogP contribution in [0.15, 0.2) is 77.8 Å². The van der Waals surface area contributed by atoms with Crippen molar-refractivity contribution in [2.75, 3.05) is 18.1 Å². The third kappa shape index (κ3) is 4.90. The van der Waals surface area contributed by atoms with Gasteiger partial charge in [-0.1, -0.05) is 25.1 Å². The fourth-order valence-electron chi connectivity index (χ4n) is 3.10. The first-order chi connectivity index (χ1) is 14.2. The smallest absolute Gasteiger partial charge is 0.264 e. The fraction of sp³-hybridized carbons (Fsp3) is 0.217. The van der Waals surface area contributed by atoms with Crippen LogP contribution in [-0.2, 0) is 4.79 Å². The summed E-state index contributed by atoms with van der Waals surface area (Å²) < 4.78 is 11.4. The molecule has 6 heteroatoms. The summed E-state index contributed by atoms with van der Waals surface area (Å²) in [6.45, 7) is 2.89. The molecule has 0 radical (unpaired) electrons. The van der Waals surface area contributed by atoms with Crippen LogP contribution in [0.1, 0.15) is 13.3 Å². The maximum Gasteiger partial charge on any atom is 0.264 e. The highest BCUT2D eigenvalue weighted by molar-refractivity contribution is 8.00. The molecule has 3 aromatic rings. The van der Waals surface area contributed by atoms with E-state index in [2.05, 4.69) is 18.0 Å². The van der Waals surface area contributed by atoms with Gasteiger partial charge < -0.3 is 14.4 Å². The molecular formula is C23H22N2O3S. The Morgan fingerprint density at radius 1 is 1.07 bits per heavy atom. The van der Waals surface area contributed by atoms with Crippen LogP contribution in [-0.4, -0.2) is 29.3 Å². The van der Waals surface area contributed by atoms with Crippen molar-refractivity contribution < 1.29 is 14.3 Å². The number of hydrogen-bond acceptors (Lipinski definition) is 5. The molecule has 5 nitrogen and oxygen atoms in total. The Labute approximate surface area is 174 Å². The fourth-order valence-corrected chi connectivity index (χ4v) is 4.21. The average Bonchev–Trinajstić information content (AvgIpc) is 2.92. The van der Waals surface area contributed by atoms with E-state index < -0.39 is 0 Å². The molecule has 0 saturated carbocycles. The van der Waals surface area contributed by atoms with E-state index in [0.29, 0.717) is 29.2 Å². The lowest BCUT2D eigenvalue weighted by atomic mass is 10.2. The number of anilines is 1. The molecule has 1 amide bonds. The lowest BCUT2D eigenvalue weighted by Gasteiger charge is -2.22. The number of amides is 1. The molecule has 29 heavy (non-hydrogen) atoms. The SMILES string of the molecule is CC1CCN(C(=O)COc2ccc(Oc3ccccn3)cc2)c2ccccc2S1.